The standard InChI is InChI=1S/C21H23N3O3/c1-2-16-14-23(13-15-7-4-3-5-8-15)11-12-24(16)21-22-19-17(20(25)26)9-6-10-18(19)27-21/h3-10,16H,2,11-14H2,1H3,(H,25,26). The zero-order chi connectivity index (χ0) is 18.8. The van der Waals surface area contributed by atoms with Gasteiger partial charge in [0.15, 0.2) is 5.58 Å². The Morgan fingerprint density at radius 3 is 2.74 bits per heavy atom. The van der Waals surface area contributed by atoms with Crippen LogP contribution in [0.25, 0.3) is 11.1 Å². The first-order chi connectivity index (χ1) is 13.2. The van der Waals surface area contributed by atoms with Gasteiger partial charge >= 0.3 is 5.97 Å². The number of fused-ring (bicyclic) bond motifs is 1. The Morgan fingerprint density at radius 2 is 2.00 bits per heavy atom. The molecule has 6 heteroatoms. The van der Waals surface area contributed by atoms with E-state index in [0.717, 1.165) is 32.6 Å². The molecule has 0 amide bonds. The number of benzene rings is 2. The number of anilines is 1. The van der Waals surface area contributed by atoms with Crippen LogP contribution in [0.4, 0.5) is 6.01 Å². The molecule has 1 saturated heterocycles. The van der Waals surface area contributed by atoms with E-state index in [-0.39, 0.29) is 11.6 Å². The second-order valence-corrected chi connectivity index (χ2v) is 6.93. The zero-order valence-corrected chi connectivity index (χ0v) is 15.3. The number of oxazole rings is 1. The average Bonchev–Trinajstić information content (AvgIpc) is 3.12. The second kappa shape index (κ2) is 7.40. The van der Waals surface area contributed by atoms with Gasteiger partial charge in [-0.3, -0.25) is 4.90 Å². The lowest BCUT2D eigenvalue weighted by atomic mass is 10.1. The number of rotatable bonds is 5. The fourth-order valence-electron chi connectivity index (χ4n) is 3.74. The first-order valence-corrected chi connectivity index (χ1v) is 9.31. The number of hydrogen-bond acceptors (Lipinski definition) is 5. The van der Waals surface area contributed by atoms with Crippen LogP contribution in [0.2, 0.25) is 0 Å². The Morgan fingerprint density at radius 1 is 1.19 bits per heavy atom. The van der Waals surface area contributed by atoms with Crippen molar-refractivity contribution in [3.8, 4) is 0 Å². The van der Waals surface area contributed by atoms with Crippen molar-refractivity contribution in [2.75, 3.05) is 24.5 Å². The van der Waals surface area contributed by atoms with E-state index in [4.69, 9.17) is 4.42 Å². The maximum atomic E-state index is 11.4. The molecule has 1 aliphatic heterocycles. The minimum Gasteiger partial charge on any atom is -0.478 e. The summed E-state index contributed by atoms with van der Waals surface area (Å²) in [5.41, 5.74) is 2.43. The molecule has 1 fully saturated rings. The molecule has 3 aromatic rings. The first-order valence-electron chi connectivity index (χ1n) is 9.31. The Hall–Kier alpha value is -2.86. The molecule has 0 radical (unpaired) electrons. The number of carboxylic acid groups (broad SMARTS) is 1. The first kappa shape index (κ1) is 17.5. The van der Waals surface area contributed by atoms with Crippen molar-refractivity contribution in [3.05, 3.63) is 59.7 Å². The van der Waals surface area contributed by atoms with Crippen molar-refractivity contribution in [1.29, 1.82) is 0 Å². The largest absolute Gasteiger partial charge is 0.478 e. The molecule has 4 rings (SSSR count). The Bertz CT molecular complexity index is 938. The summed E-state index contributed by atoms with van der Waals surface area (Å²) in [6.07, 6.45) is 0.968. The predicted octanol–water partition coefficient (Wildman–Crippen LogP) is 3.63. The summed E-state index contributed by atoms with van der Waals surface area (Å²) in [4.78, 5) is 20.6. The summed E-state index contributed by atoms with van der Waals surface area (Å²) in [5.74, 6) is -0.986. The van der Waals surface area contributed by atoms with Gasteiger partial charge in [0.05, 0.1) is 5.56 Å². The van der Waals surface area contributed by atoms with Crippen molar-refractivity contribution in [2.45, 2.75) is 25.9 Å². The van der Waals surface area contributed by atoms with Crippen molar-refractivity contribution in [2.24, 2.45) is 0 Å². The summed E-state index contributed by atoms with van der Waals surface area (Å²) >= 11 is 0. The van der Waals surface area contributed by atoms with Gasteiger partial charge in [-0.2, -0.15) is 4.98 Å². The molecular formula is C21H23N3O3. The lowest BCUT2D eigenvalue weighted by molar-refractivity contribution is 0.0699. The van der Waals surface area contributed by atoms with E-state index in [1.54, 1.807) is 18.2 Å². The summed E-state index contributed by atoms with van der Waals surface area (Å²) in [6, 6.07) is 16.3. The van der Waals surface area contributed by atoms with Crippen molar-refractivity contribution in [1.82, 2.24) is 9.88 Å². The molecule has 1 unspecified atom stereocenters. The van der Waals surface area contributed by atoms with Crippen molar-refractivity contribution >= 4 is 23.1 Å². The Kier molecular flexibility index (Phi) is 4.81. The van der Waals surface area contributed by atoms with Gasteiger partial charge in [-0.25, -0.2) is 4.79 Å². The number of nitrogens with zero attached hydrogens (tertiary/aromatic N) is 3. The van der Waals surface area contributed by atoms with Crippen LogP contribution in [-0.4, -0.2) is 46.6 Å². The van der Waals surface area contributed by atoms with Gasteiger partial charge in [0.25, 0.3) is 6.01 Å². The van der Waals surface area contributed by atoms with E-state index < -0.39 is 5.97 Å². The number of piperazine rings is 1. The Balaban J connectivity index is 1.55. The SMILES string of the molecule is CCC1CN(Cc2ccccc2)CCN1c1nc2c(C(=O)O)cccc2o1. The molecular weight excluding hydrogens is 342 g/mol. The van der Waals surface area contributed by atoms with E-state index >= 15 is 0 Å². The van der Waals surface area contributed by atoms with Crippen LogP contribution in [0.5, 0.6) is 0 Å². The van der Waals surface area contributed by atoms with Crippen LogP contribution >= 0.6 is 0 Å². The number of carbonyl (C=O) groups is 1. The van der Waals surface area contributed by atoms with Gasteiger partial charge < -0.3 is 14.4 Å². The zero-order valence-electron chi connectivity index (χ0n) is 15.3. The summed E-state index contributed by atoms with van der Waals surface area (Å²) in [5, 5.41) is 9.37. The number of aromatic carboxylic acids is 1. The quantitative estimate of drug-likeness (QED) is 0.745. The molecule has 1 aliphatic rings. The third-order valence-corrected chi connectivity index (χ3v) is 5.17. The van der Waals surface area contributed by atoms with Crippen molar-refractivity contribution < 1.29 is 14.3 Å². The summed E-state index contributed by atoms with van der Waals surface area (Å²) in [6.45, 7) is 5.74. The molecule has 0 bridgehead atoms. The van der Waals surface area contributed by atoms with Gasteiger partial charge in [0.1, 0.15) is 5.52 Å². The van der Waals surface area contributed by atoms with Crippen LogP contribution in [0.3, 0.4) is 0 Å². The Labute approximate surface area is 158 Å². The van der Waals surface area contributed by atoms with Crippen LogP contribution in [-0.2, 0) is 6.54 Å². The van der Waals surface area contributed by atoms with Gasteiger partial charge in [0, 0.05) is 32.2 Å². The van der Waals surface area contributed by atoms with E-state index in [1.807, 2.05) is 6.07 Å². The summed E-state index contributed by atoms with van der Waals surface area (Å²) in [7, 11) is 0. The van der Waals surface area contributed by atoms with E-state index in [0.29, 0.717) is 17.1 Å². The minimum atomic E-state index is -0.986. The normalized spacial score (nSPS) is 18.1. The third-order valence-electron chi connectivity index (χ3n) is 5.17. The van der Waals surface area contributed by atoms with Crippen LogP contribution in [0, 0.1) is 0 Å². The number of hydrogen-bond donors (Lipinski definition) is 1. The molecule has 140 valence electrons. The third kappa shape index (κ3) is 3.53. The number of para-hydroxylation sites is 1. The fourth-order valence-corrected chi connectivity index (χ4v) is 3.74. The molecule has 1 atom stereocenters. The highest BCUT2D eigenvalue weighted by Crippen LogP contribution is 2.28. The molecule has 0 spiro atoms. The van der Waals surface area contributed by atoms with E-state index in [1.165, 1.54) is 5.56 Å². The van der Waals surface area contributed by atoms with Gasteiger partial charge in [-0.1, -0.05) is 43.3 Å². The molecule has 6 nitrogen and oxygen atoms in total. The van der Waals surface area contributed by atoms with E-state index in [2.05, 4.69) is 46.0 Å². The summed E-state index contributed by atoms with van der Waals surface area (Å²) < 4.78 is 5.92. The average molecular weight is 365 g/mol. The molecule has 1 N–H and O–H groups in total. The highest BCUT2D eigenvalue weighted by Gasteiger charge is 2.29. The highest BCUT2D eigenvalue weighted by atomic mass is 16.4. The topological polar surface area (TPSA) is 69.8 Å². The maximum absolute atomic E-state index is 11.4. The van der Waals surface area contributed by atoms with E-state index in [9.17, 15) is 9.90 Å². The smallest absolute Gasteiger partial charge is 0.338 e. The van der Waals surface area contributed by atoms with Gasteiger partial charge in [-0.05, 0) is 24.1 Å². The lowest BCUT2D eigenvalue weighted by Crippen LogP contribution is -2.52. The molecule has 0 saturated carbocycles. The molecule has 2 heterocycles. The fraction of sp³-hybridized carbons (Fsp3) is 0.333. The van der Waals surface area contributed by atoms with Crippen LogP contribution in [0.1, 0.15) is 29.3 Å². The maximum Gasteiger partial charge on any atom is 0.338 e. The van der Waals surface area contributed by atoms with Crippen LogP contribution < -0.4 is 4.90 Å². The molecule has 0 aliphatic carbocycles. The lowest BCUT2D eigenvalue weighted by Gasteiger charge is -2.40. The van der Waals surface area contributed by atoms with Gasteiger partial charge in [-0.15, -0.1) is 0 Å². The van der Waals surface area contributed by atoms with Gasteiger partial charge in [0.2, 0.25) is 0 Å². The minimum absolute atomic E-state index is 0.179. The molecule has 1 aromatic heterocycles. The second-order valence-electron chi connectivity index (χ2n) is 6.93. The number of carboxylic acids is 1. The monoisotopic (exact) mass is 365 g/mol. The molecule has 2 aromatic carbocycles. The molecule has 27 heavy (non-hydrogen) atoms. The number of aromatic nitrogens is 1. The highest BCUT2D eigenvalue weighted by molar-refractivity contribution is 6.00. The predicted molar refractivity (Wildman–Crippen MR) is 104 cm³/mol. The van der Waals surface area contributed by atoms with Crippen molar-refractivity contribution in [3.63, 3.8) is 0 Å². The van der Waals surface area contributed by atoms with Crippen LogP contribution in [0.15, 0.2) is 52.9 Å².